The van der Waals surface area contributed by atoms with E-state index in [-0.39, 0.29) is 23.0 Å². The molecule has 1 aliphatic heterocycles. The van der Waals surface area contributed by atoms with Crippen LogP contribution in [0.4, 0.5) is 0 Å². The third kappa shape index (κ3) is 2.88. The molecule has 1 amide bonds. The first kappa shape index (κ1) is 15.4. The molecule has 0 aromatic heterocycles. The molecule has 1 aromatic rings. The third-order valence-electron chi connectivity index (χ3n) is 3.36. The minimum Gasteiger partial charge on any atom is -0.366 e. The van der Waals surface area contributed by atoms with E-state index in [4.69, 9.17) is 11.5 Å². The Morgan fingerprint density at radius 3 is 2.70 bits per heavy atom. The van der Waals surface area contributed by atoms with Gasteiger partial charge in [-0.05, 0) is 31.0 Å². The molecule has 0 bridgehead atoms. The van der Waals surface area contributed by atoms with Crippen molar-refractivity contribution in [2.24, 2.45) is 11.5 Å². The van der Waals surface area contributed by atoms with E-state index < -0.39 is 15.9 Å². The van der Waals surface area contributed by atoms with E-state index in [9.17, 15) is 13.2 Å². The first-order valence-electron chi connectivity index (χ1n) is 6.18. The molecule has 4 N–H and O–H groups in total. The van der Waals surface area contributed by atoms with Gasteiger partial charge in [-0.25, -0.2) is 8.42 Å². The molecule has 0 radical (unpaired) electrons. The number of benzene rings is 1. The van der Waals surface area contributed by atoms with E-state index in [1.54, 1.807) is 0 Å². The second-order valence-corrected chi connectivity index (χ2v) is 7.49. The van der Waals surface area contributed by atoms with Gasteiger partial charge in [0.2, 0.25) is 15.9 Å². The fourth-order valence-electron chi connectivity index (χ4n) is 2.35. The molecule has 1 atom stereocenters. The highest BCUT2D eigenvalue weighted by atomic mass is 79.9. The molecule has 6 nitrogen and oxygen atoms in total. The van der Waals surface area contributed by atoms with E-state index >= 15 is 0 Å². The summed E-state index contributed by atoms with van der Waals surface area (Å²) >= 11 is 3.20. The van der Waals surface area contributed by atoms with Gasteiger partial charge in [0.1, 0.15) is 0 Å². The summed E-state index contributed by atoms with van der Waals surface area (Å²) in [4.78, 5) is 11.3. The maximum atomic E-state index is 12.6. The lowest BCUT2D eigenvalue weighted by molar-refractivity contribution is 0.1000. The summed E-state index contributed by atoms with van der Waals surface area (Å²) < 4.78 is 27.2. The Morgan fingerprint density at radius 2 is 2.10 bits per heavy atom. The molecule has 2 rings (SSSR count). The van der Waals surface area contributed by atoms with Gasteiger partial charge in [-0.1, -0.05) is 15.9 Å². The Bertz CT molecular complexity index is 633. The molecule has 0 spiro atoms. The third-order valence-corrected chi connectivity index (χ3v) is 5.75. The lowest BCUT2D eigenvalue weighted by Gasteiger charge is -2.23. The smallest absolute Gasteiger partial charge is 0.248 e. The van der Waals surface area contributed by atoms with Crippen molar-refractivity contribution in [1.82, 2.24) is 4.31 Å². The average molecular weight is 362 g/mol. The second kappa shape index (κ2) is 5.80. The zero-order valence-corrected chi connectivity index (χ0v) is 13.2. The van der Waals surface area contributed by atoms with Crippen molar-refractivity contribution in [2.75, 3.05) is 13.1 Å². The van der Waals surface area contributed by atoms with Crippen molar-refractivity contribution >= 4 is 31.9 Å². The number of hydrogen-bond acceptors (Lipinski definition) is 4. The molecule has 1 aromatic carbocycles. The molecule has 1 saturated heterocycles. The summed E-state index contributed by atoms with van der Waals surface area (Å²) in [6.07, 6.45) is 1.55. The highest BCUT2D eigenvalue weighted by Crippen LogP contribution is 2.28. The summed E-state index contributed by atoms with van der Waals surface area (Å²) in [7, 11) is -3.66. The molecule has 0 aliphatic carbocycles. The summed E-state index contributed by atoms with van der Waals surface area (Å²) in [5.74, 6) is -0.667. The monoisotopic (exact) mass is 361 g/mol. The quantitative estimate of drug-likeness (QED) is 0.821. The number of carbonyl (C=O) groups excluding carboxylic acids is 1. The fourth-order valence-corrected chi connectivity index (χ4v) is 4.77. The Balaban J connectivity index is 2.46. The van der Waals surface area contributed by atoms with E-state index in [0.29, 0.717) is 11.0 Å². The van der Waals surface area contributed by atoms with Gasteiger partial charge in [-0.15, -0.1) is 0 Å². The Morgan fingerprint density at radius 1 is 1.40 bits per heavy atom. The van der Waals surface area contributed by atoms with Crippen molar-refractivity contribution in [1.29, 1.82) is 0 Å². The summed E-state index contributed by atoms with van der Waals surface area (Å²) in [5.41, 5.74) is 11.0. The summed E-state index contributed by atoms with van der Waals surface area (Å²) in [5, 5.41) is 0. The Kier molecular flexibility index (Phi) is 4.48. The Hall–Kier alpha value is -0.960. The number of hydrogen-bond donors (Lipinski definition) is 2. The van der Waals surface area contributed by atoms with Gasteiger partial charge in [0, 0.05) is 29.2 Å². The highest BCUT2D eigenvalue weighted by Gasteiger charge is 2.34. The van der Waals surface area contributed by atoms with Crippen molar-refractivity contribution in [3.05, 3.63) is 28.2 Å². The van der Waals surface area contributed by atoms with Crippen LogP contribution in [0.25, 0.3) is 0 Å². The first-order valence-corrected chi connectivity index (χ1v) is 8.42. The number of nitrogens with two attached hydrogens (primary N) is 2. The predicted octanol–water partition coefficient (Wildman–Crippen LogP) is 0.660. The van der Waals surface area contributed by atoms with Gasteiger partial charge < -0.3 is 11.5 Å². The number of nitrogens with zero attached hydrogens (tertiary/aromatic N) is 1. The van der Waals surface area contributed by atoms with E-state index in [2.05, 4.69) is 15.9 Å². The molecular weight excluding hydrogens is 346 g/mol. The molecule has 1 heterocycles. The standard InChI is InChI=1S/C12H16BrN3O3S/c13-9-4-8(12(15)17)5-11(6-9)20(18,19)16-3-1-2-10(16)7-14/h4-6,10H,1-3,7,14H2,(H2,15,17). The number of sulfonamides is 1. The van der Waals surface area contributed by atoms with Crippen LogP contribution in [0.15, 0.2) is 27.6 Å². The second-order valence-electron chi connectivity index (χ2n) is 4.69. The van der Waals surface area contributed by atoms with Crippen molar-refractivity contribution < 1.29 is 13.2 Å². The lowest BCUT2D eigenvalue weighted by atomic mass is 10.2. The van der Waals surface area contributed by atoms with Gasteiger partial charge in [0.05, 0.1) is 4.90 Å². The summed E-state index contributed by atoms with van der Waals surface area (Å²) in [6, 6.07) is 4.07. The summed E-state index contributed by atoms with van der Waals surface area (Å²) in [6.45, 7) is 0.735. The zero-order chi connectivity index (χ0) is 14.9. The van der Waals surface area contributed by atoms with Gasteiger partial charge in [0.15, 0.2) is 0 Å². The molecule has 0 saturated carbocycles. The van der Waals surface area contributed by atoms with Gasteiger partial charge in [-0.3, -0.25) is 4.79 Å². The van der Waals surface area contributed by atoms with Gasteiger partial charge >= 0.3 is 0 Å². The first-order chi connectivity index (χ1) is 9.36. The molecule has 1 unspecified atom stereocenters. The van der Waals surface area contributed by atoms with Crippen LogP contribution in [-0.2, 0) is 10.0 Å². The van der Waals surface area contributed by atoms with E-state index in [0.717, 1.165) is 12.8 Å². The van der Waals surface area contributed by atoms with Crippen LogP contribution in [0.5, 0.6) is 0 Å². The SMILES string of the molecule is NCC1CCCN1S(=O)(=O)c1cc(Br)cc(C(N)=O)c1. The molecule has 1 fully saturated rings. The van der Waals surface area contributed by atoms with Crippen molar-refractivity contribution in [3.63, 3.8) is 0 Å². The molecule has 20 heavy (non-hydrogen) atoms. The van der Waals surface area contributed by atoms with E-state index in [1.165, 1.54) is 22.5 Å². The fraction of sp³-hybridized carbons (Fsp3) is 0.417. The maximum absolute atomic E-state index is 12.6. The van der Waals surface area contributed by atoms with Crippen LogP contribution in [0.3, 0.4) is 0 Å². The minimum atomic E-state index is -3.66. The zero-order valence-electron chi connectivity index (χ0n) is 10.8. The number of amides is 1. The van der Waals surface area contributed by atoms with Crippen LogP contribution >= 0.6 is 15.9 Å². The number of primary amides is 1. The van der Waals surface area contributed by atoms with Crippen molar-refractivity contribution in [3.8, 4) is 0 Å². The van der Waals surface area contributed by atoms with Crippen LogP contribution < -0.4 is 11.5 Å². The lowest BCUT2D eigenvalue weighted by Crippen LogP contribution is -2.39. The van der Waals surface area contributed by atoms with Crippen LogP contribution in [0.1, 0.15) is 23.2 Å². The van der Waals surface area contributed by atoms with Crippen LogP contribution in [0.2, 0.25) is 0 Å². The van der Waals surface area contributed by atoms with Gasteiger partial charge in [0.25, 0.3) is 0 Å². The molecular formula is C12H16BrN3O3S. The Labute approximate surface area is 126 Å². The average Bonchev–Trinajstić information content (AvgIpc) is 2.86. The largest absolute Gasteiger partial charge is 0.366 e. The predicted molar refractivity (Wildman–Crippen MR) is 78.6 cm³/mol. The number of halogens is 1. The van der Waals surface area contributed by atoms with Crippen LogP contribution in [0, 0.1) is 0 Å². The molecule has 8 heteroatoms. The molecule has 1 aliphatic rings. The maximum Gasteiger partial charge on any atom is 0.248 e. The minimum absolute atomic E-state index is 0.0565. The number of rotatable bonds is 4. The van der Waals surface area contributed by atoms with E-state index in [1.807, 2.05) is 0 Å². The van der Waals surface area contributed by atoms with Crippen LogP contribution in [-0.4, -0.2) is 37.8 Å². The number of carbonyl (C=O) groups is 1. The molecule has 110 valence electrons. The highest BCUT2D eigenvalue weighted by molar-refractivity contribution is 9.10. The topological polar surface area (TPSA) is 106 Å². The van der Waals surface area contributed by atoms with Gasteiger partial charge in [-0.2, -0.15) is 4.31 Å². The normalized spacial score (nSPS) is 20.2. The van der Waals surface area contributed by atoms with Crippen molar-refractivity contribution in [2.45, 2.75) is 23.8 Å².